The molecule has 0 aromatic heterocycles. The van der Waals surface area contributed by atoms with Gasteiger partial charge in [0.2, 0.25) is 0 Å². The Kier molecular flexibility index (Phi) is 7.45. The molecule has 0 unspecified atom stereocenters. The highest BCUT2D eigenvalue weighted by Crippen LogP contribution is 2.29. The largest absolute Gasteiger partial charge is 0.308 e. The fraction of sp³-hybridized carbons (Fsp3) is 0.167. The van der Waals surface area contributed by atoms with Gasteiger partial charge in [0.05, 0.1) is 11.4 Å². The fourth-order valence-electron chi connectivity index (χ4n) is 3.28. The molecule has 0 saturated carbocycles. The summed E-state index contributed by atoms with van der Waals surface area (Å²) in [6.45, 7) is 4.88. The van der Waals surface area contributed by atoms with Crippen molar-refractivity contribution >= 4 is 55.0 Å². The van der Waals surface area contributed by atoms with Crippen molar-refractivity contribution in [2.24, 2.45) is 0 Å². The van der Waals surface area contributed by atoms with E-state index in [9.17, 15) is 9.59 Å². The number of anilines is 2. The summed E-state index contributed by atoms with van der Waals surface area (Å²) in [5.74, 6) is -0.300. The molecule has 0 saturated heterocycles. The van der Waals surface area contributed by atoms with Gasteiger partial charge < -0.3 is 9.80 Å². The average molecular weight is 530 g/mol. The van der Waals surface area contributed by atoms with Gasteiger partial charge in [0.15, 0.2) is 0 Å². The van der Waals surface area contributed by atoms with Gasteiger partial charge in [-0.3, -0.25) is 9.59 Å². The van der Waals surface area contributed by atoms with Crippen molar-refractivity contribution < 1.29 is 9.59 Å². The van der Waals surface area contributed by atoms with Crippen LogP contribution >= 0.6 is 31.9 Å². The fourth-order valence-corrected chi connectivity index (χ4v) is 4.28. The van der Waals surface area contributed by atoms with E-state index in [4.69, 9.17) is 0 Å². The molecule has 0 heterocycles. The molecule has 6 heteroatoms. The number of benzene rings is 3. The van der Waals surface area contributed by atoms with Crippen molar-refractivity contribution in [1.82, 2.24) is 0 Å². The minimum atomic E-state index is -0.150. The molecular weight excluding hydrogens is 508 g/mol. The Morgan fingerprint density at radius 1 is 0.667 bits per heavy atom. The maximum atomic E-state index is 13.2. The lowest BCUT2D eigenvalue weighted by Crippen LogP contribution is -2.32. The molecule has 30 heavy (non-hydrogen) atoms. The van der Waals surface area contributed by atoms with E-state index in [1.54, 1.807) is 34.1 Å². The number of carbonyl (C=O) groups is 2. The van der Waals surface area contributed by atoms with Gasteiger partial charge in [0.1, 0.15) is 0 Å². The van der Waals surface area contributed by atoms with Gasteiger partial charge in [-0.15, -0.1) is 0 Å². The van der Waals surface area contributed by atoms with Gasteiger partial charge in [0, 0.05) is 33.2 Å². The number of nitrogens with zero attached hydrogens (tertiary/aromatic N) is 2. The van der Waals surface area contributed by atoms with E-state index < -0.39 is 0 Å². The quantitative estimate of drug-likeness (QED) is 0.363. The predicted molar refractivity (Wildman–Crippen MR) is 129 cm³/mol. The van der Waals surface area contributed by atoms with E-state index in [2.05, 4.69) is 31.9 Å². The topological polar surface area (TPSA) is 40.6 Å². The molecule has 4 nitrogen and oxygen atoms in total. The molecule has 0 aliphatic rings. The molecule has 0 atom stereocenters. The van der Waals surface area contributed by atoms with Gasteiger partial charge in [-0.2, -0.15) is 0 Å². The standard InChI is InChI=1S/C24H22Br2N2O2/c1-3-27(21-14-7-5-12-19(21)25)23(29)17-10-9-11-18(16-17)24(30)28(4-2)22-15-8-6-13-20(22)26/h5-16H,3-4H2,1-2H3. The molecule has 154 valence electrons. The first-order valence-corrected chi connectivity index (χ1v) is 11.3. The maximum absolute atomic E-state index is 13.2. The summed E-state index contributed by atoms with van der Waals surface area (Å²) < 4.78 is 1.69. The normalized spacial score (nSPS) is 10.5. The average Bonchev–Trinajstić information content (AvgIpc) is 2.77. The zero-order valence-corrected chi connectivity index (χ0v) is 20.0. The number of hydrogen-bond acceptors (Lipinski definition) is 2. The van der Waals surface area contributed by atoms with Crippen LogP contribution in [-0.4, -0.2) is 24.9 Å². The second-order valence-corrected chi connectivity index (χ2v) is 8.29. The first kappa shape index (κ1) is 22.2. The maximum Gasteiger partial charge on any atom is 0.258 e. The molecule has 2 amide bonds. The number of hydrogen-bond donors (Lipinski definition) is 0. The molecule has 3 rings (SSSR count). The molecule has 3 aromatic carbocycles. The Hall–Kier alpha value is -2.44. The third-order valence-electron chi connectivity index (χ3n) is 4.77. The molecule has 0 fully saturated rings. The first-order valence-electron chi connectivity index (χ1n) is 9.70. The van der Waals surface area contributed by atoms with Crippen molar-refractivity contribution in [1.29, 1.82) is 0 Å². The van der Waals surface area contributed by atoms with Gasteiger partial charge in [0.25, 0.3) is 11.8 Å². The van der Waals surface area contributed by atoms with Crippen LogP contribution in [0.3, 0.4) is 0 Å². The van der Waals surface area contributed by atoms with E-state index in [1.165, 1.54) is 0 Å². The molecule has 3 aromatic rings. The molecule has 0 aliphatic carbocycles. The van der Waals surface area contributed by atoms with Crippen LogP contribution in [0.25, 0.3) is 0 Å². The van der Waals surface area contributed by atoms with E-state index in [1.807, 2.05) is 62.4 Å². The molecule has 0 bridgehead atoms. The minimum absolute atomic E-state index is 0.150. The number of para-hydroxylation sites is 2. The van der Waals surface area contributed by atoms with Crippen LogP contribution in [0.15, 0.2) is 81.7 Å². The van der Waals surface area contributed by atoms with Crippen molar-refractivity contribution in [2.75, 3.05) is 22.9 Å². The monoisotopic (exact) mass is 528 g/mol. The Balaban J connectivity index is 1.93. The lowest BCUT2D eigenvalue weighted by molar-refractivity contribution is 0.0987. The van der Waals surface area contributed by atoms with Crippen LogP contribution in [0.4, 0.5) is 11.4 Å². The van der Waals surface area contributed by atoms with Crippen LogP contribution in [0.1, 0.15) is 34.6 Å². The summed E-state index contributed by atoms with van der Waals surface area (Å²) in [4.78, 5) is 29.9. The smallest absolute Gasteiger partial charge is 0.258 e. The van der Waals surface area contributed by atoms with E-state index in [0.717, 1.165) is 20.3 Å². The van der Waals surface area contributed by atoms with Gasteiger partial charge in [-0.1, -0.05) is 30.3 Å². The molecule has 0 radical (unpaired) electrons. The summed E-state index contributed by atoms with van der Waals surface area (Å²) in [5, 5.41) is 0. The molecule has 0 aliphatic heterocycles. The van der Waals surface area contributed by atoms with Gasteiger partial charge in [-0.05, 0) is 88.2 Å². The Labute approximate surface area is 193 Å². The molecule has 0 N–H and O–H groups in total. The molecule has 0 spiro atoms. The summed E-state index contributed by atoms with van der Waals surface area (Å²) in [7, 11) is 0. The SMILES string of the molecule is CCN(C(=O)c1cccc(C(=O)N(CC)c2ccccc2Br)c1)c1ccccc1Br. The van der Waals surface area contributed by atoms with Crippen molar-refractivity contribution in [3.8, 4) is 0 Å². The Bertz CT molecular complexity index is 988. The summed E-state index contributed by atoms with van der Waals surface area (Å²) >= 11 is 7.04. The summed E-state index contributed by atoms with van der Waals surface area (Å²) in [5.41, 5.74) is 2.54. The van der Waals surface area contributed by atoms with Crippen molar-refractivity contribution in [2.45, 2.75) is 13.8 Å². The summed E-state index contributed by atoms with van der Waals surface area (Å²) in [6.07, 6.45) is 0. The third-order valence-corrected chi connectivity index (χ3v) is 6.11. The lowest BCUT2D eigenvalue weighted by atomic mass is 10.1. The van der Waals surface area contributed by atoms with Crippen molar-refractivity contribution in [3.05, 3.63) is 92.9 Å². The van der Waals surface area contributed by atoms with E-state index in [0.29, 0.717) is 24.2 Å². The van der Waals surface area contributed by atoms with Crippen LogP contribution in [0.2, 0.25) is 0 Å². The number of halogens is 2. The Morgan fingerprint density at radius 3 is 1.43 bits per heavy atom. The third kappa shape index (κ3) is 4.65. The highest BCUT2D eigenvalue weighted by molar-refractivity contribution is 9.11. The highest BCUT2D eigenvalue weighted by Gasteiger charge is 2.22. The van der Waals surface area contributed by atoms with Gasteiger partial charge >= 0.3 is 0 Å². The minimum Gasteiger partial charge on any atom is -0.308 e. The van der Waals surface area contributed by atoms with E-state index >= 15 is 0 Å². The lowest BCUT2D eigenvalue weighted by Gasteiger charge is -2.24. The zero-order chi connectivity index (χ0) is 21.7. The molecular formula is C24H22Br2N2O2. The summed E-state index contributed by atoms with van der Waals surface area (Å²) in [6, 6.07) is 22.1. The Morgan fingerprint density at radius 2 is 1.07 bits per heavy atom. The number of rotatable bonds is 6. The van der Waals surface area contributed by atoms with Crippen LogP contribution in [-0.2, 0) is 0 Å². The van der Waals surface area contributed by atoms with Crippen LogP contribution in [0.5, 0.6) is 0 Å². The second kappa shape index (κ2) is 10.0. The van der Waals surface area contributed by atoms with E-state index in [-0.39, 0.29) is 11.8 Å². The van der Waals surface area contributed by atoms with Crippen LogP contribution < -0.4 is 9.80 Å². The first-order chi connectivity index (χ1) is 14.5. The number of carbonyl (C=O) groups excluding carboxylic acids is 2. The van der Waals surface area contributed by atoms with Gasteiger partial charge in [-0.25, -0.2) is 0 Å². The number of amides is 2. The van der Waals surface area contributed by atoms with Crippen LogP contribution in [0, 0.1) is 0 Å². The zero-order valence-electron chi connectivity index (χ0n) is 16.8. The predicted octanol–water partition coefficient (Wildman–Crippen LogP) is 6.55. The highest BCUT2D eigenvalue weighted by atomic mass is 79.9. The van der Waals surface area contributed by atoms with Crippen molar-refractivity contribution in [3.63, 3.8) is 0 Å². The second-order valence-electron chi connectivity index (χ2n) is 6.58.